The molecule has 8 heteroatoms. The van der Waals surface area contributed by atoms with Gasteiger partial charge in [-0.05, 0) is 43.1 Å². The Morgan fingerprint density at radius 1 is 1.03 bits per heavy atom. The number of hydrogen-bond acceptors (Lipinski definition) is 6. The number of halogens is 1. The summed E-state index contributed by atoms with van der Waals surface area (Å²) in [6, 6.07) is 9.26. The molecule has 0 aromatic heterocycles. The molecular formula is C23H28BrNO6. The van der Waals surface area contributed by atoms with E-state index in [1.807, 2.05) is 30.3 Å². The van der Waals surface area contributed by atoms with Gasteiger partial charge in [0.2, 0.25) is 0 Å². The molecule has 2 aromatic rings. The lowest BCUT2D eigenvalue weighted by molar-refractivity contribution is -0.143. The zero-order chi connectivity index (χ0) is 22.5. The average molecular weight is 494 g/mol. The number of likely N-dealkylation sites (tertiary alicyclic amines) is 1. The molecule has 0 spiro atoms. The predicted octanol–water partition coefficient (Wildman–Crippen LogP) is 4.37. The fraction of sp³-hybridized carbons (Fsp3) is 0.435. The maximum atomic E-state index is 11.8. The lowest BCUT2D eigenvalue weighted by Gasteiger charge is -2.38. The maximum absolute atomic E-state index is 11.8. The van der Waals surface area contributed by atoms with Gasteiger partial charge in [-0.1, -0.05) is 28.1 Å². The van der Waals surface area contributed by atoms with Gasteiger partial charge >= 0.3 is 5.97 Å². The van der Waals surface area contributed by atoms with Gasteiger partial charge in [0.05, 0.1) is 40.4 Å². The second-order valence-electron chi connectivity index (χ2n) is 7.39. The molecule has 0 amide bonds. The summed E-state index contributed by atoms with van der Waals surface area (Å²) in [5.41, 5.74) is 1.82. The van der Waals surface area contributed by atoms with Crippen molar-refractivity contribution in [2.24, 2.45) is 5.92 Å². The summed E-state index contributed by atoms with van der Waals surface area (Å²) in [5, 5.41) is 9.65. The van der Waals surface area contributed by atoms with E-state index in [9.17, 15) is 9.90 Å². The van der Waals surface area contributed by atoms with Gasteiger partial charge in [-0.25, -0.2) is 0 Å². The van der Waals surface area contributed by atoms with E-state index in [4.69, 9.17) is 18.9 Å². The molecule has 2 atom stereocenters. The molecule has 2 aromatic carbocycles. The Hall–Kier alpha value is -2.45. The van der Waals surface area contributed by atoms with Crippen molar-refractivity contribution in [2.45, 2.75) is 18.9 Å². The number of hydrogen-bond donors (Lipinski definition) is 1. The molecule has 0 radical (unpaired) electrons. The minimum Gasteiger partial charge on any atom is -0.493 e. The third-order valence-corrected chi connectivity index (χ3v) is 6.38. The van der Waals surface area contributed by atoms with Crippen molar-refractivity contribution in [3.63, 3.8) is 0 Å². The Labute approximate surface area is 191 Å². The van der Waals surface area contributed by atoms with Gasteiger partial charge in [0.1, 0.15) is 0 Å². The number of carboxylic acids is 1. The number of benzene rings is 2. The molecule has 1 aliphatic rings. The van der Waals surface area contributed by atoms with E-state index in [1.165, 1.54) is 0 Å². The van der Waals surface area contributed by atoms with Crippen LogP contribution in [-0.4, -0.2) is 57.5 Å². The van der Waals surface area contributed by atoms with E-state index >= 15 is 0 Å². The van der Waals surface area contributed by atoms with Crippen LogP contribution in [0.1, 0.15) is 30.0 Å². The molecule has 7 nitrogen and oxygen atoms in total. The second-order valence-corrected chi connectivity index (χ2v) is 8.24. The van der Waals surface area contributed by atoms with Crippen LogP contribution in [0.15, 0.2) is 34.8 Å². The zero-order valence-corrected chi connectivity index (χ0v) is 19.8. The quantitative estimate of drug-likeness (QED) is 0.584. The van der Waals surface area contributed by atoms with Crippen LogP contribution in [0.25, 0.3) is 0 Å². The van der Waals surface area contributed by atoms with E-state index in [0.717, 1.165) is 28.6 Å². The van der Waals surface area contributed by atoms with E-state index in [0.29, 0.717) is 36.0 Å². The molecule has 1 aliphatic heterocycles. The summed E-state index contributed by atoms with van der Waals surface area (Å²) in [6.45, 7) is 1.19. The molecule has 1 heterocycles. The summed E-state index contributed by atoms with van der Waals surface area (Å²) in [5.74, 6) is 1.25. The highest BCUT2D eigenvalue weighted by Gasteiger charge is 2.34. The smallest absolute Gasteiger partial charge is 0.307 e. The van der Waals surface area contributed by atoms with E-state index in [2.05, 4.69) is 20.8 Å². The van der Waals surface area contributed by atoms with E-state index in [1.54, 1.807) is 28.4 Å². The van der Waals surface area contributed by atoms with Gasteiger partial charge in [0.25, 0.3) is 0 Å². The monoisotopic (exact) mass is 493 g/mol. The minimum atomic E-state index is -0.771. The van der Waals surface area contributed by atoms with Crippen LogP contribution in [0.5, 0.6) is 23.0 Å². The van der Waals surface area contributed by atoms with Gasteiger partial charge in [-0.15, -0.1) is 0 Å². The van der Waals surface area contributed by atoms with Crippen molar-refractivity contribution in [3.8, 4) is 23.0 Å². The van der Waals surface area contributed by atoms with Crippen LogP contribution in [0.3, 0.4) is 0 Å². The topological polar surface area (TPSA) is 77.5 Å². The molecule has 1 N–H and O–H groups in total. The molecule has 0 bridgehead atoms. The summed E-state index contributed by atoms with van der Waals surface area (Å²) < 4.78 is 23.1. The van der Waals surface area contributed by atoms with Crippen LogP contribution in [0.4, 0.5) is 0 Å². The van der Waals surface area contributed by atoms with Gasteiger partial charge in [0, 0.05) is 16.6 Å². The number of para-hydroxylation sites is 1. The Bertz CT molecular complexity index is 935. The fourth-order valence-corrected chi connectivity index (χ4v) is 4.75. The van der Waals surface area contributed by atoms with Crippen molar-refractivity contribution in [2.75, 3.05) is 41.5 Å². The molecule has 0 saturated carbocycles. The van der Waals surface area contributed by atoms with Crippen LogP contribution < -0.4 is 18.9 Å². The first-order chi connectivity index (χ1) is 14.9. The molecule has 168 valence electrons. The molecule has 2 unspecified atom stereocenters. The fourth-order valence-electron chi connectivity index (χ4n) is 4.21. The number of piperidine rings is 1. The lowest BCUT2D eigenvalue weighted by atomic mass is 9.90. The van der Waals surface area contributed by atoms with Crippen molar-refractivity contribution >= 4 is 21.9 Å². The first-order valence-electron chi connectivity index (χ1n) is 10.0. The summed E-state index contributed by atoms with van der Waals surface area (Å²) in [7, 11) is 6.40. The number of nitrogens with zero attached hydrogens (tertiary/aromatic N) is 1. The molecule has 3 rings (SSSR count). The Balaban J connectivity index is 2.20. The molecular weight excluding hydrogens is 466 g/mol. The van der Waals surface area contributed by atoms with E-state index < -0.39 is 11.9 Å². The summed E-state index contributed by atoms with van der Waals surface area (Å²) in [4.78, 5) is 13.9. The number of carbonyl (C=O) groups is 1. The summed E-state index contributed by atoms with van der Waals surface area (Å²) >= 11 is 3.69. The number of aliphatic carboxylic acids is 1. The highest BCUT2D eigenvalue weighted by Crippen LogP contribution is 2.45. The number of carboxylic acid groups (broad SMARTS) is 1. The largest absolute Gasteiger partial charge is 0.493 e. The molecule has 1 saturated heterocycles. The maximum Gasteiger partial charge on any atom is 0.307 e. The predicted molar refractivity (Wildman–Crippen MR) is 121 cm³/mol. The number of methoxy groups -OCH3 is 4. The van der Waals surface area contributed by atoms with Crippen LogP contribution in [0.2, 0.25) is 0 Å². The normalized spacial score (nSPS) is 17.6. The van der Waals surface area contributed by atoms with Crippen LogP contribution >= 0.6 is 15.9 Å². The van der Waals surface area contributed by atoms with Gasteiger partial charge in [-0.3, -0.25) is 9.69 Å². The van der Waals surface area contributed by atoms with Gasteiger partial charge in [0.15, 0.2) is 23.0 Å². The van der Waals surface area contributed by atoms with Crippen molar-refractivity contribution < 1.29 is 28.8 Å². The second kappa shape index (κ2) is 10.2. The lowest BCUT2D eigenvalue weighted by Crippen LogP contribution is -2.41. The van der Waals surface area contributed by atoms with Crippen molar-refractivity contribution in [3.05, 3.63) is 45.9 Å². The highest BCUT2D eigenvalue weighted by atomic mass is 79.9. The Kier molecular flexibility index (Phi) is 7.67. The minimum absolute atomic E-state index is 0.276. The van der Waals surface area contributed by atoms with Crippen LogP contribution in [-0.2, 0) is 4.79 Å². The summed E-state index contributed by atoms with van der Waals surface area (Å²) in [6.07, 6.45) is 1.46. The Morgan fingerprint density at radius 3 is 2.32 bits per heavy atom. The third kappa shape index (κ3) is 4.75. The number of rotatable bonds is 8. The van der Waals surface area contributed by atoms with Gasteiger partial charge < -0.3 is 24.1 Å². The van der Waals surface area contributed by atoms with Crippen molar-refractivity contribution in [1.82, 2.24) is 4.90 Å². The Morgan fingerprint density at radius 2 is 1.71 bits per heavy atom. The SMILES string of the molecule is COc1cc(Br)c(C(c2cccc(OC)c2OC)N2CCCC(C(=O)O)C2)cc1OC. The average Bonchev–Trinajstić information content (AvgIpc) is 2.79. The van der Waals surface area contributed by atoms with Crippen molar-refractivity contribution in [1.29, 1.82) is 0 Å². The van der Waals surface area contributed by atoms with Crippen LogP contribution in [0, 0.1) is 5.92 Å². The zero-order valence-electron chi connectivity index (χ0n) is 18.2. The molecule has 31 heavy (non-hydrogen) atoms. The van der Waals surface area contributed by atoms with E-state index in [-0.39, 0.29) is 6.04 Å². The first-order valence-corrected chi connectivity index (χ1v) is 10.8. The first kappa shape index (κ1) is 23.2. The van der Waals surface area contributed by atoms with Gasteiger partial charge in [-0.2, -0.15) is 0 Å². The molecule has 1 fully saturated rings. The third-order valence-electron chi connectivity index (χ3n) is 5.69. The standard InChI is InChI=1S/C23H28BrNO6/c1-28-18-9-5-8-15(22(18)31-4)21(25-10-6-7-14(13-25)23(26)27)16-11-19(29-2)20(30-3)12-17(16)24/h5,8-9,11-12,14,21H,6-7,10,13H2,1-4H3,(H,26,27). The number of ether oxygens (including phenoxy) is 4. The highest BCUT2D eigenvalue weighted by molar-refractivity contribution is 9.10. The molecule has 0 aliphatic carbocycles.